The molecule has 0 atom stereocenters. The Morgan fingerprint density at radius 2 is 2.29 bits per heavy atom. The smallest absolute Gasteiger partial charge is 0.338 e. The lowest BCUT2D eigenvalue weighted by atomic mass is 10.2. The minimum absolute atomic E-state index is 0.367. The second-order valence-electron chi connectivity index (χ2n) is 2.87. The van der Waals surface area contributed by atoms with Crippen LogP contribution in [0.1, 0.15) is 23.7 Å². The monoisotopic (exact) mass is 213 g/mol. The molecule has 0 fully saturated rings. The first kappa shape index (κ1) is 10.9. The van der Waals surface area contributed by atoms with Crippen LogP contribution in [-0.4, -0.2) is 12.6 Å². The van der Waals surface area contributed by atoms with Crippen molar-refractivity contribution in [2.24, 2.45) is 0 Å². The van der Waals surface area contributed by atoms with E-state index in [4.69, 9.17) is 22.1 Å². The molecule has 0 amide bonds. The molecule has 0 unspecified atom stereocenters. The van der Waals surface area contributed by atoms with Gasteiger partial charge in [0.1, 0.15) is 0 Å². The van der Waals surface area contributed by atoms with E-state index in [1.807, 2.05) is 6.92 Å². The zero-order valence-corrected chi connectivity index (χ0v) is 8.67. The van der Waals surface area contributed by atoms with Crippen LogP contribution in [0.5, 0.6) is 0 Å². The third kappa shape index (κ3) is 2.64. The molecule has 0 bridgehead atoms. The molecule has 76 valence electrons. The molecular weight excluding hydrogens is 202 g/mol. The van der Waals surface area contributed by atoms with Gasteiger partial charge in [-0.1, -0.05) is 18.5 Å². The summed E-state index contributed by atoms with van der Waals surface area (Å²) in [5.74, 6) is -0.367. The van der Waals surface area contributed by atoms with E-state index in [0.717, 1.165) is 6.42 Å². The van der Waals surface area contributed by atoms with E-state index in [0.29, 0.717) is 22.9 Å². The van der Waals surface area contributed by atoms with Gasteiger partial charge >= 0.3 is 5.97 Å². The number of ether oxygens (including phenoxy) is 1. The summed E-state index contributed by atoms with van der Waals surface area (Å²) >= 11 is 5.76. The third-order valence-corrected chi connectivity index (χ3v) is 2.00. The standard InChI is InChI=1S/C10H12ClNO2/c1-2-5-14-10(13)7-3-4-9(12)8(11)6-7/h3-4,6H,2,5,12H2,1H3. The summed E-state index contributed by atoms with van der Waals surface area (Å²) < 4.78 is 4.93. The summed E-state index contributed by atoms with van der Waals surface area (Å²) in [6.07, 6.45) is 0.800. The largest absolute Gasteiger partial charge is 0.462 e. The molecular formula is C10H12ClNO2. The second kappa shape index (κ2) is 4.86. The Morgan fingerprint density at radius 3 is 2.86 bits per heavy atom. The molecule has 14 heavy (non-hydrogen) atoms. The summed E-state index contributed by atoms with van der Waals surface area (Å²) in [7, 11) is 0. The van der Waals surface area contributed by atoms with Crippen molar-refractivity contribution in [1.82, 2.24) is 0 Å². The summed E-state index contributed by atoms with van der Waals surface area (Å²) in [4.78, 5) is 11.3. The van der Waals surface area contributed by atoms with Gasteiger partial charge in [0.2, 0.25) is 0 Å². The summed E-state index contributed by atoms with van der Waals surface area (Å²) in [5.41, 5.74) is 6.39. The van der Waals surface area contributed by atoms with Crippen molar-refractivity contribution < 1.29 is 9.53 Å². The Labute approximate surface area is 87.8 Å². The fourth-order valence-corrected chi connectivity index (χ4v) is 1.11. The highest BCUT2D eigenvalue weighted by Gasteiger charge is 2.07. The van der Waals surface area contributed by atoms with Crippen molar-refractivity contribution in [3.05, 3.63) is 28.8 Å². The fourth-order valence-electron chi connectivity index (χ4n) is 0.932. The maximum atomic E-state index is 11.3. The fraction of sp³-hybridized carbons (Fsp3) is 0.300. The molecule has 0 saturated carbocycles. The van der Waals surface area contributed by atoms with Gasteiger partial charge in [0.25, 0.3) is 0 Å². The minimum Gasteiger partial charge on any atom is -0.462 e. The first-order chi connectivity index (χ1) is 6.65. The van der Waals surface area contributed by atoms with Gasteiger partial charge in [-0.2, -0.15) is 0 Å². The van der Waals surface area contributed by atoms with E-state index in [9.17, 15) is 4.79 Å². The van der Waals surface area contributed by atoms with Crippen LogP contribution in [0.2, 0.25) is 5.02 Å². The van der Waals surface area contributed by atoms with Crippen LogP contribution >= 0.6 is 11.6 Å². The molecule has 0 aliphatic carbocycles. The second-order valence-corrected chi connectivity index (χ2v) is 3.28. The molecule has 1 rings (SSSR count). The van der Waals surface area contributed by atoms with Gasteiger partial charge in [0, 0.05) is 0 Å². The number of nitrogens with two attached hydrogens (primary N) is 1. The van der Waals surface area contributed by atoms with Crippen LogP contribution in [-0.2, 0) is 4.74 Å². The van der Waals surface area contributed by atoms with Gasteiger partial charge in [-0.05, 0) is 24.6 Å². The summed E-state index contributed by atoms with van der Waals surface area (Å²) in [6, 6.07) is 4.69. The third-order valence-electron chi connectivity index (χ3n) is 1.67. The van der Waals surface area contributed by atoms with E-state index in [2.05, 4.69) is 0 Å². The lowest BCUT2D eigenvalue weighted by molar-refractivity contribution is 0.0505. The average molecular weight is 214 g/mol. The Hall–Kier alpha value is -1.22. The number of hydrogen-bond acceptors (Lipinski definition) is 3. The molecule has 2 N–H and O–H groups in total. The number of hydrogen-bond donors (Lipinski definition) is 1. The molecule has 0 aromatic heterocycles. The Morgan fingerprint density at radius 1 is 1.57 bits per heavy atom. The first-order valence-corrected chi connectivity index (χ1v) is 4.75. The highest BCUT2D eigenvalue weighted by Crippen LogP contribution is 2.19. The van der Waals surface area contributed by atoms with E-state index in [1.165, 1.54) is 6.07 Å². The normalized spacial score (nSPS) is 9.86. The van der Waals surface area contributed by atoms with Crippen LogP contribution in [0.15, 0.2) is 18.2 Å². The van der Waals surface area contributed by atoms with Crippen molar-refractivity contribution in [2.75, 3.05) is 12.3 Å². The maximum Gasteiger partial charge on any atom is 0.338 e. The zero-order valence-electron chi connectivity index (χ0n) is 7.92. The molecule has 4 heteroatoms. The quantitative estimate of drug-likeness (QED) is 0.620. The maximum absolute atomic E-state index is 11.3. The Balaban J connectivity index is 2.76. The molecule has 1 aromatic carbocycles. The molecule has 0 heterocycles. The van der Waals surface area contributed by atoms with Gasteiger partial charge < -0.3 is 10.5 Å². The molecule has 0 aliphatic heterocycles. The number of esters is 1. The topological polar surface area (TPSA) is 52.3 Å². The number of halogens is 1. The van der Waals surface area contributed by atoms with Crippen molar-refractivity contribution in [2.45, 2.75) is 13.3 Å². The van der Waals surface area contributed by atoms with Crippen LogP contribution in [0, 0.1) is 0 Å². The van der Waals surface area contributed by atoms with Gasteiger partial charge in [-0.25, -0.2) is 4.79 Å². The van der Waals surface area contributed by atoms with Crippen LogP contribution in [0.4, 0.5) is 5.69 Å². The van der Waals surface area contributed by atoms with Crippen LogP contribution in [0.25, 0.3) is 0 Å². The van der Waals surface area contributed by atoms with E-state index in [1.54, 1.807) is 12.1 Å². The van der Waals surface area contributed by atoms with Gasteiger partial charge in [0.15, 0.2) is 0 Å². The average Bonchev–Trinajstić information content (AvgIpc) is 2.18. The van der Waals surface area contributed by atoms with E-state index in [-0.39, 0.29) is 5.97 Å². The number of nitrogen functional groups attached to an aromatic ring is 1. The van der Waals surface area contributed by atoms with Crippen molar-refractivity contribution in [3.63, 3.8) is 0 Å². The van der Waals surface area contributed by atoms with Gasteiger partial charge in [-0.15, -0.1) is 0 Å². The van der Waals surface area contributed by atoms with Gasteiger partial charge in [-0.3, -0.25) is 0 Å². The highest BCUT2D eigenvalue weighted by atomic mass is 35.5. The zero-order chi connectivity index (χ0) is 10.6. The predicted molar refractivity (Wildman–Crippen MR) is 56.4 cm³/mol. The van der Waals surface area contributed by atoms with Crippen molar-refractivity contribution in [3.8, 4) is 0 Å². The molecule has 0 spiro atoms. The number of anilines is 1. The Kier molecular flexibility index (Phi) is 3.77. The van der Waals surface area contributed by atoms with Crippen LogP contribution < -0.4 is 5.73 Å². The molecule has 0 aliphatic rings. The van der Waals surface area contributed by atoms with E-state index >= 15 is 0 Å². The number of carbonyl (C=O) groups is 1. The van der Waals surface area contributed by atoms with Crippen molar-refractivity contribution in [1.29, 1.82) is 0 Å². The number of benzene rings is 1. The predicted octanol–water partition coefficient (Wildman–Crippen LogP) is 2.49. The number of carbonyl (C=O) groups excluding carboxylic acids is 1. The SMILES string of the molecule is CCCOC(=O)c1ccc(N)c(Cl)c1. The van der Waals surface area contributed by atoms with E-state index < -0.39 is 0 Å². The lowest BCUT2D eigenvalue weighted by Crippen LogP contribution is -2.06. The first-order valence-electron chi connectivity index (χ1n) is 4.37. The van der Waals surface area contributed by atoms with Crippen molar-refractivity contribution >= 4 is 23.3 Å². The lowest BCUT2D eigenvalue weighted by Gasteiger charge is -2.04. The van der Waals surface area contributed by atoms with Gasteiger partial charge in [0.05, 0.1) is 22.9 Å². The Bertz CT molecular complexity index is 339. The van der Waals surface area contributed by atoms with Crippen LogP contribution in [0.3, 0.4) is 0 Å². The minimum atomic E-state index is -0.367. The number of rotatable bonds is 3. The molecule has 3 nitrogen and oxygen atoms in total. The molecule has 0 saturated heterocycles. The summed E-state index contributed by atoms with van der Waals surface area (Å²) in [5, 5.41) is 0.371. The molecule has 1 aromatic rings. The highest BCUT2D eigenvalue weighted by molar-refractivity contribution is 6.33. The summed E-state index contributed by atoms with van der Waals surface area (Å²) in [6.45, 7) is 2.35. The molecule has 0 radical (unpaired) electrons.